The van der Waals surface area contributed by atoms with E-state index >= 15 is 0 Å². The van der Waals surface area contributed by atoms with E-state index in [4.69, 9.17) is 14.2 Å². The fourth-order valence-electron chi connectivity index (χ4n) is 9.67. The van der Waals surface area contributed by atoms with Gasteiger partial charge in [-0.05, 0) is 122 Å². The maximum atomic E-state index is 12.9. The van der Waals surface area contributed by atoms with Crippen molar-refractivity contribution < 1.29 is 28.6 Å². The lowest BCUT2D eigenvalue weighted by Crippen LogP contribution is -2.30. The van der Waals surface area contributed by atoms with Crippen molar-refractivity contribution in [3.05, 3.63) is 97.2 Å². The largest absolute Gasteiger partial charge is 0.462 e. The molecular weight excluding hydrogens is 985 g/mol. The molecule has 0 aliphatic heterocycles. The van der Waals surface area contributed by atoms with E-state index < -0.39 is 6.10 Å². The Labute approximate surface area is 496 Å². The molecule has 0 aliphatic rings. The zero-order valence-electron chi connectivity index (χ0n) is 52.8. The molecular formula is C74H128O6. The van der Waals surface area contributed by atoms with Crippen molar-refractivity contribution in [3.63, 3.8) is 0 Å². The Morgan fingerprint density at radius 2 is 0.487 bits per heavy atom. The van der Waals surface area contributed by atoms with Crippen LogP contribution in [0.5, 0.6) is 0 Å². The van der Waals surface area contributed by atoms with Crippen LogP contribution in [0.15, 0.2) is 97.2 Å². The van der Waals surface area contributed by atoms with E-state index in [0.717, 1.165) is 109 Å². The number of hydrogen-bond donors (Lipinski definition) is 0. The standard InChI is InChI=1S/C74H128O6/c1-4-7-10-13-16-19-22-25-28-30-32-34-36-37-39-40-42-44-46-49-52-55-58-61-64-67-73(76)79-70-71(69-78-72(75)66-63-60-57-54-51-48-27-24-21-18-15-12-9-6-3)80-74(77)68-65-62-59-56-53-50-47-45-43-41-38-35-33-31-29-26-23-20-17-14-11-8-5-2/h7,10,16,19,23-28,31-34,38,41,71H,4-6,8-9,11-15,17-18,20-22,29-30,35-37,39-40,42-70H2,1-3H3/b10-7-,19-16-,26-23-,27-24-,28-25-,33-31-,34-32-,41-38-. The van der Waals surface area contributed by atoms with Crippen molar-refractivity contribution in [2.75, 3.05) is 13.2 Å². The van der Waals surface area contributed by atoms with Crippen molar-refractivity contribution in [1.82, 2.24) is 0 Å². The topological polar surface area (TPSA) is 78.9 Å². The number of esters is 3. The SMILES string of the molecule is CC/C=C\C/C=C\C/C=C\C/C=C\CCCCCCCCCCCCCCC(=O)OCC(COC(=O)CCCCCCC/C=C\CCCCCCC)OC(=O)CCCCCCCCCC/C=C\C/C=C\C/C=C\CCCCCCC. The van der Waals surface area contributed by atoms with Gasteiger partial charge in [0.05, 0.1) is 0 Å². The number of ether oxygens (including phenoxy) is 3. The molecule has 6 heteroatoms. The van der Waals surface area contributed by atoms with Gasteiger partial charge in [0, 0.05) is 19.3 Å². The summed E-state index contributed by atoms with van der Waals surface area (Å²) in [7, 11) is 0. The van der Waals surface area contributed by atoms with Gasteiger partial charge in [0.1, 0.15) is 13.2 Å². The van der Waals surface area contributed by atoms with Gasteiger partial charge < -0.3 is 14.2 Å². The molecule has 0 fully saturated rings. The third-order valence-corrected chi connectivity index (χ3v) is 14.8. The maximum Gasteiger partial charge on any atom is 0.306 e. The third kappa shape index (κ3) is 65.1. The molecule has 0 aromatic rings. The number of hydrogen-bond acceptors (Lipinski definition) is 6. The van der Waals surface area contributed by atoms with Gasteiger partial charge in [-0.2, -0.15) is 0 Å². The Bertz CT molecular complexity index is 1560. The van der Waals surface area contributed by atoms with Gasteiger partial charge in [0.2, 0.25) is 0 Å². The number of rotatable bonds is 62. The van der Waals surface area contributed by atoms with E-state index in [9.17, 15) is 14.4 Å². The number of allylic oxidation sites excluding steroid dienone is 16. The monoisotopic (exact) mass is 1110 g/mol. The second-order valence-corrected chi connectivity index (χ2v) is 22.7. The molecule has 0 amide bonds. The first-order valence-electron chi connectivity index (χ1n) is 34.2. The minimum absolute atomic E-state index is 0.0828. The Hall–Kier alpha value is -3.67. The van der Waals surface area contributed by atoms with Crippen LogP contribution in [-0.2, 0) is 28.6 Å². The minimum Gasteiger partial charge on any atom is -0.462 e. The number of carbonyl (C=O) groups is 3. The van der Waals surface area contributed by atoms with Gasteiger partial charge >= 0.3 is 17.9 Å². The molecule has 0 N–H and O–H groups in total. The maximum absolute atomic E-state index is 12.9. The average Bonchev–Trinajstić information content (AvgIpc) is 3.46. The molecule has 0 bridgehead atoms. The minimum atomic E-state index is -0.788. The van der Waals surface area contributed by atoms with Gasteiger partial charge in [0.25, 0.3) is 0 Å². The summed E-state index contributed by atoms with van der Waals surface area (Å²) in [6, 6.07) is 0. The van der Waals surface area contributed by atoms with Crippen LogP contribution in [0.2, 0.25) is 0 Å². The molecule has 0 saturated heterocycles. The summed E-state index contributed by atoms with van der Waals surface area (Å²) < 4.78 is 17.0. The first kappa shape index (κ1) is 76.3. The molecule has 1 atom stereocenters. The molecule has 460 valence electrons. The summed E-state index contributed by atoms with van der Waals surface area (Å²) in [6.07, 6.45) is 91.3. The van der Waals surface area contributed by atoms with Gasteiger partial charge in [-0.15, -0.1) is 0 Å². The number of unbranched alkanes of at least 4 members (excludes halogenated alkanes) is 35. The lowest BCUT2D eigenvalue weighted by atomic mass is 10.0. The Kier molecular flexibility index (Phi) is 64.7. The van der Waals surface area contributed by atoms with Crippen LogP contribution in [0.3, 0.4) is 0 Å². The van der Waals surface area contributed by atoms with E-state index in [1.165, 1.54) is 186 Å². The van der Waals surface area contributed by atoms with Crippen molar-refractivity contribution in [2.24, 2.45) is 0 Å². The van der Waals surface area contributed by atoms with Crippen LogP contribution in [0, 0.1) is 0 Å². The zero-order valence-corrected chi connectivity index (χ0v) is 52.8. The van der Waals surface area contributed by atoms with Crippen LogP contribution < -0.4 is 0 Å². The second-order valence-electron chi connectivity index (χ2n) is 22.7. The van der Waals surface area contributed by atoms with Crippen molar-refractivity contribution in [2.45, 2.75) is 341 Å². The smallest absolute Gasteiger partial charge is 0.306 e. The normalized spacial score (nSPS) is 12.7. The lowest BCUT2D eigenvalue weighted by Gasteiger charge is -2.18. The fourth-order valence-corrected chi connectivity index (χ4v) is 9.67. The predicted octanol–water partition coefficient (Wildman–Crippen LogP) is 23.6. The third-order valence-electron chi connectivity index (χ3n) is 14.8. The molecule has 0 spiro atoms. The number of carbonyl (C=O) groups excluding carboxylic acids is 3. The Balaban J connectivity index is 4.34. The van der Waals surface area contributed by atoms with Crippen LogP contribution in [0.4, 0.5) is 0 Å². The first-order valence-corrected chi connectivity index (χ1v) is 34.2. The van der Waals surface area contributed by atoms with E-state index in [-0.39, 0.29) is 31.1 Å². The van der Waals surface area contributed by atoms with E-state index in [1.807, 2.05) is 0 Å². The highest BCUT2D eigenvalue weighted by Gasteiger charge is 2.19. The van der Waals surface area contributed by atoms with E-state index in [1.54, 1.807) is 0 Å². The summed E-state index contributed by atoms with van der Waals surface area (Å²) in [4.78, 5) is 38.4. The highest BCUT2D eigenvalue weighted by molar-refractivity contribution is 5.71. The summed E-state index contributed by atoms with van der Waals surface area (Å²) in [5.74, 6) is -0.887. The van der Waals surface area contributed by atoms with Crippen molar-refractivity contribution >= 4 is 17.9 Å². The molecule has 0 saturated carbocycles. The molecule has 0 heterocycles. The second kappa shape index (κ2) is 67.8. The summed E-state index contributed by atoms with van der Waals surface area (Å²) >= 11 is 0. The quantitative estimate of drug-likeness (QED) is 0.0261. The van der Waals surface area contributed by atoms with E-state index in [2.05, 4.69) is 118 Å². The highest BCUT2D eigenvalue weighted by Crippen LogP contribution is 2.16. The Morgan fingerprint density at radius 3 is 0.775 bits per heavy atom. The highest BCUT2D eigenvalue weighted by atomic mass is 16.6. The summed E-state index contributed by atoms with van der Waals surface area (Å²) in [5, 5.41) is 0. The van der Waals surface area contributed by atoms with Crippen LogP contribution >= 0.6 is 0 Å². The van der Waals surface area contributed by atoms with Crippen molar-refractivity contribution in [3.8, 4) is 0 Å². The molecule has 80 heavy (non-hydrogen) atoms. The summed E-state index contributed by atoms with van der Waals surface area (Å²) in [5.41, 5.74) is 0. The van der Waals surface area contributed by atoms with Gasteiger partial charge in [0.15, 0.2) is 6.10 Å². The molecule has 0 rings (SSSR count). The van der Waals surface area contributed by atoms with Gasteiger partial charge in [-0.3, -0.25) is 14.4 Å². The summed E-state index contributed by atoms with van der Waals surface area (Å²) in [6.45, 7) is 6.53. The first-order chi connectivity index (χ1) is 39.5. The Morgan fingerprint density at radius 1 is 0.263 bits per heavy atom. The van der Waals surface area contributed by atoms with E-state index in [0.29, 0.717) is 19.3 Å². The zero-order chi connectivity index (χ0) is 57.8. The predicted molar refractivity (Wildman–Crippen MR) is 348 cm³/mol. The molecule has 1 unspecified atom stereocenters. The molecule has 0 aromatic carbocycles. The van der Waals surface area contributed by atoms with Crippen LogP contribution in [0.25, 0.3) is 0 Å². The van der Waals surface area contributed by atoms with Crippen LogP contribution in [0.1, 0.15) is 335 Å². The fraction of sp³-hybridized carbons (Fsp3) is 0.743. The lowest BCUT2D eigenvalue weighted by molar-refractivity contribution is -0.167. The molecule has 0 radical (unpaired) electrons. The van der Waals surface area contributed by atoms with Gasteiger partial charge in [-0.25, -0.2) is 0 Å². The average molecular weight is 1110 g/mol. The molecule has 6 nitrogen and oxygen atoms in total. The molecule has 0 aliphatic carbocycles. The van der Waals surface area contributed by atoms with Crippen LogP contribution in [-0.4, -0.2) is 37.2 Å². The molecule has 0 aromatic heterocycles. The van der Waals surface area contributed by atoms with Crippen molar-refractivity contribution in [1.29, 1.82) is 0 Å². The van der Waals surface area contributed by atoms with Gasteiger partial charge in [-0.1, -0.05) is 291 Å².